The van der Waals surface area contributed by atoms with Crippen LogP contribution >= 0.6 is 11.3 Å². The molecule has 5 nitrogen and oxygen atoms in total. The molecule has 3 rings (SSSR count). The Morgan fingerprint density at radius 3 is 2.67 bits per heavy atom. The molecule has 1 N–H and O–H groups in total. The van der Waals surface area contributed by atoms with E-state index >= 15 is 0 Å². The number of ether oxygens (including phenoxy) is 2. The molecule has 0 bridgehead atoms. The van der Waals surface area contributed by atoms with Gasteiger partial charge in [0.15, 0.2) is 5.13 Å². The molecule has 128 valence electrons. The summed E-state index contributed by atoms with van der Waals surface area (Å²) >= 11 is 1.59. The van der Waals surface area contributed by atoms with E-state index in [9.17, 15) is 4.79 Å². The molecular weight excluding hydrogens is 324 g/mol. The fraction of sp³-hybridized carbons (Fsp3) is 0.444. The fourth-order valence-electron chi connectivity index (χ4n) is 2.91. The number of hydrogen-bond acceptors (Lipinski definition) is 5. The van der Waals surface area contributed by atoms with Crippen LogP contribution in [0.5, 0.6) is 11.5 Å². The minimum Gasteiger partial charge on any atom is -0.497 e. The third-order valence-electron chi connectivity index (χ3n) is 4.22. The first-order valence-corrected chi connectivity index (χ1v) is 9.05. The quantitative estimate of drug-likeness (QED) is 0.906. The largest absolute Gasteiger partial charge is 0.497 e. The predicted octanol–water partition coefficient (Wildman–Crippen LogP) is 4.07. The van der Waals surface area contributed by atoms with Crippen molar-refractivity contribution in [1.82, 2.24) is 4.98 Å². The maximum Gasteiger partial charge on any atom is 0.261 e. The van der Waals surface area contributed by atoms with E-state index in [0.29, 0.717) is 22.2 Å². The highest BCUT2D eigenvalue weighted by Crippen LogP contribution is 2.30. The highest BCUT2D eigenvalue weighted by atomic mass is 32.1. The van der Waals surface area contributed by atoms with Gasteiger partial charge in [-0.2, -0.15) is 0 Å². The molecule has 1 aromatic carbocycles. The molecule has 1 aliphatic rings. The number of rotatable bonds is 4. The van der Waals surface area contributed by atoms with Crippen LogP contribution < -0.4 is 14.8 Å². The molecule has 0 unspecified atom stereocenters. The van der Waals surface area contributed by atoms with Gasteiger partial charge in [-0.1, -0.05) is 12.8 Å². The fourth-order valence-corrected chi connectivity index (χ4v) is 3.95. The van der Waals surface area contributed by atoms with E-state index in [1.54, 1.807) is 43.8 Å². The van der Waals surface area contributed by atoms with Crippen molar-refractivity contribution in [2.24, 2.45) is 0 Å². The second-order valence-electron chi connectivity index (χ2n) is 5.82. The van der Waals surface area contributed by atoms with E-state index < -0.39 is 0 Å². The Balaban J connectivity index is 1.78. The maximum absolute atomic E-state index is 12.6. The molecule has 1 aliphatic carbocycles. The summed E-state index contributed by atoms with van der Waals surface area (Å²) in [6.07, 6.45) is 7.00. The minimum atomic E-state index is -0.212. The second kappa shape index (κ2) is 7.66. The number of thiazole rings is 1. The van der Waals surface area contributed by atoms with Crippen LogP contribution in [0.15, 0.2) is 18.2 Å². The van der Waals surface area contributed by atoms with E-state index in [1.807, 2.05) is 0 Å². The smallest absolute Gasteiger partial charge is 0.261 e. The summed E-state index contributed by atoms with van der Waals surface area (Å²) in [5.41, 5.74) is 1.62. The van der Waals surface area contributed by atoms with Gasteiger partial charge in [0.1, 0.15) is 11.5 Å². The summed E-state index contributed by atoms with van der Waals surface area (Å²) in [4.78, 5) is 18.5. The summed E-state index contributed by atoms with van der Waals surface area (Å²) in [6.45, 7) is 0. The molecule has 24 heavy (non-hydrogen) atoms. The van der Waals surface area contributed by atoms with Gasteiger partial charge < -0.3 is 9.47 Å². The zero-order valence-corrected chi connectivity index (χ0v) is 14.9. The van der Waals surface area contributed by atoms with E-state index in [4.69, 9.17) is 9.47 Å². The zero-order chi connectivity index (χ0) is 16.9. The lowest BCUT2D eigenvalue weighted by Gasteiger charge is -2.09. The monoisotopic (exact) mass is 346 g/mol. The van der Waals surface area contributed by atoms with E-state index in [1.165, 1.54) is 30.6 Å². The number of nitrogens with zero attached hydrogens (tertiary/aromatic N) is 1. The highest BCUT2D eigenvalue weighted by molar-refractivity contribution is 7.15. The molecule has 2 aromatic rings. The molecule has 0 saturated heterocycles. The van der Waals surface area contributed by atoms with Crippen LogP contribution in [0.25, 0.3) is 0 Å². The van der Waals surface area contributed by atoms with Crippen molar-refractivity contribution < 1.29 is 14.3 Å². The average Bonchev–Trinajstić information content (AvgIpc) is 2.94. The van der Waals surface area contributed by atoms with Crippen molar-refractivity contribution in [3.05, 3.63) is 34.3 Å². The SMILES string of the molecule is COc1ccc(C(=O)Nc2nc3c(s2)CCCCCC3)c(OC)c1. The van der Waals surface area contributed by atoms with Crippen LogP contribution in [-0.2, 0) is 12.8 Å². The third-order valence-corrected chi connectivity index (χ3v) is 5.29. The molecule has 6 heteroatoms. The van der Waals surface area contributed by atoms with Gasteiger partial charge in [-0.05, 0) is 37.8 Å². The summed E-state index contributed by atoms with van der Waals surface area (Å²) in [6, 6.07) is 5.16. The van der Waals surface area contributed by atoms with Crippen molar-refractivity contribution >= 4 is 22.4 Å². The number of fused-ring (bicyclic) bond motifs is 1. The summed E-state index contributed by atoms with van der Waals surface area (Å²) in [5, 5.41) is 3.59. The molecule has 1 amide bonds. The van der Waals surface area contributed by atoms with E-state index in [-0.39, 0.29) is 5.91 Å². The lowest BCUT2D eigenvalue weighted by molar-refractivity contribution is 0.102. The molecule has 0 atom stereocenters. The zero-order valence-electron chi connectivity index (χ0n) is 14.1. The van der Waals surface area contributed by atoms with Crippen LogP contribution in [0.4, 0.5) is 5.13 Å². The number of carbonyl (C=O) groups excluding carboxylic acids is 1. The van der Waals surface area contributed by atoms with Crippen molar-refractivity contribution in [2.75, 3.05) is 19.5 Å². The molecule has 0 radical (unpaired) electrons. The predicted molar refractivity (Wildman–Crippen MR) is 95.5 cm³/mol. The first kappa shape index (κ1) is 16.8. The normalized spacial score (nSPS) is 14.2. The minimum absolute atomic E-state index is 0.212. The summed E-state index contributed by atoms with van der Waals surface area (Å²) in [5.74, 6) is 0.929. The number of aryl methyl sites for hydroxylation is 2. The topological polar surface area (TPSA) is 60.5 Å². The van der Waals surface area contributed by atoms with Crippen LogP contribution in [0.3, 0.4) is 0 Å². The van der Waals surface area contributed by atoms with Gasteiger partial charge in [-0.15, -0.1) is 11.3 Å². The van der Waals surface area contributed by atoms with Crippen LogP contribution in [0, 0.1) is 0 Å². The third kappa shape index (κ3) is 3.70. The number of hydrogen-bond donors (Lipinski definition) is 1. The first-order chi connectivity index (χ1) is 11.7. The molecule has 1 aromatic heterocycles. The molecule has 0 aliphatic heterocycles. The number of amides is 1. The van der Waals surface area contributed by atoms with Gasteiger partial charge >= 0.3 is 0 Å². The highest BCUT2D eigenvalue weighted by Gasteiger charge is 2.18. The number of carbonyl (C=O) groups is 1. The van der Waals surface area contributed by atoms with E-state index in [2.05, 4.69) is 10.3 Å². The van der Waals surface area contributed by atoms with Crippen LogP contribution in [0.2, 0.25) is 0 Å². The molecule has 0 spiro atoms. The van der Waals surface area contributed by atoms with Gasteiger partial charge in [0, 0.05) is 10.9 Å². The second-order valence-corrected chi connectivity index (χ2v) is 6.91. The van der Waals surface area contributed by atoms with Gasteiger partial charge in [-0.3, -0.25) is 10.1 Å². The molecule has 1 heterocycles. The first-order valence-electron chi connectivity index (χ1n) is 8.23. The molecule has 0 fully saturated rings. The van der Waals surface area contributed by atoms with Crippen molar-refractivity contribution in [2.45, 2.75) is 38.5 Å². The Bertz CT molecular complexity index is 702. The van der Waals surface area contributed by atoms with Gasteiger partial charge in [0.25, 0.3) is 5.91 Å². The van der Waals surface area contributed by atoms with E-state index in [0.717, 1.165) is 18.5 Å². The maximum atomic E-state index is 12.6. The number of benzene rings is 1. The number of anilines is 1. The average molecular weight is 346 g/mol. The summed E-state index contributed by atoms with van der Waals surface area (Å²) < 4.78 is 10.5. The summed E-state index contributed by atoms with van der Waals surface area (Å²) in [7, 11) is 3.13. The lowest BCUT2D eigenvalue weighted by Crippen LogP contribution is -2.13. The Morgan fingerprint density at radius 1 is 1.12 bits per heavy atom. The Kier molecular flexibility index (Phi) is 5.35. The lowest BCUT2D eigenvalue weighted by atomic mass is 10.0. The Hall–Kier alpha value is -2.08. The Labute approximate surface area is 146 Å². The van der Waals surface area contributed by atoms with Gasteiger partial charge in [0.2, 0.25) is 0 Å². The Morgan fingerprint density at radius 2 is 1.92 bits per heavy atom. The number of nitrogens with one attached hydrogen (secondary N) is 1. The number of methoxy groups -OCH3 is 2. The number of aromatic nitrogens is 1. The molecular formula is C18H22N2O3S. The van der Waals surface area contributed by atoms with Crippen molar-refractivity contribution in [3.63, 3.8) is 0 Å². The van der Waals surface area contributed by atoms with Crippen molar-refractivity contribution in [3.8, 4) is 11.5 Å². The van der Waals surface area contributed by atoms with Gasteiger partial charge in [0.05, 0.1) is 25.5 Å². The van der Waals surface area contributed by atoms with Crippen molar-refractivity contribution in [1.29, 1.82) is 0 Å². The van der Waals surface area contributed by atoms with Crippen LogP contribution in [0.1, 0.15) is 46.6 Å². The molecule has 0 saturated carbocycles. The van der Waals surface area contributed by atoms with Gasteiger partial charge in [-0.25, -0.2) is 4.98 Å². The standard InChI is InChI=1S/C18H22N2O3S/c1-22-12-9-10-13(15(11-12)23-2)17(21)20-18-19-14-7-5-3-4-6-8-16(14)24-18/h9-11H,3-8H2,1-2H3,(H,19,20,21). The van der Waals surface area contributed by atoms with Crippen LogP contribution in [-0.4, -0.2) is 25.1 Å².